The number of ether oxygens (including phenoxy) is 1. The molecule has 0 fully saturated rings. The fourth-order valence-electron chi connectivity index (χ4n) is 2.86. The summed E-state index contributed by atoms with van der Waals surface area (Å²) in [4.78, 5) is 25.8. The number of nitrogens with one attached hydrogen (secondary N) is 1. The largest absolute Gasteiger partial charge is 0.451 e. The van der Waals surface area contributed by atoms with Crippen LogP contribution in [0.4, 0.5) is 0 Å². The minimum absolute atomic E-state index is 0.245. The van der Waals surface area contributed by atoms with E-state index in [-0.39, 0.29) is 12.5 Å². The van der Waals surface area contributed by atoms with Gasteiger partial charge in [0.05, 0.1) is 0 Å². The fraction of sp³-hybridized carbons (Fsp3) is 0.368. The molecule has 1 aliphatic carbocycles. The van der Waals surface area contributed by atoms with Crippen LogP contribution in [0.15, 0.2) is 36.4 Å². The van der Waals surface area contributed by atoms with Crippen molar-refractivity contribution in [2.75, 3.05) is 6.61 Å². The molecule has 0 saturated heterocycles. The molecule has 4 nitrogen and oxygen atoms in total. The lowest BCUT2D eigenvalue weighted by atomic mass is 9.90. The molecule has 0 unspecified atom stereocenters. The van der Waals surface area contributed by atoms with Crippen molar-refractivity contribution >= 4 is 23.2 Å². The molecule has 126 valence electrons. The molecule has 1 N–H and O–H groups in total. The summed E-state index contributed by atoms with van der Waals surface area (Å²) in [7, 11) is 0. The molecular formula is C19H21NO3S. The predicted molar refractivity (Wildman–Crippen MR) is 94.1 cm³/mol. The van der Waals surface area contributed by atoms with Gasteiger partial charge in [0.1, 0.15) is 4.88 Å². The molecule has 1 amide bonds. The number of thiophene rings is 1. The zero-order chi connectivity index (χ0) is 16.9. The average Bonchev–Trinajstić information content (AvgIpc) is 3.02. The first-order chi connectivity index (χ1) is 11.6. The van der Waals surface area contributed by atoms with Gasteiger partial charge in [-0.2, -0.15) is 0 Å². The van der Waals surface area contributed by atoms with Crippen molar-refractivity contribution in [3.8, 4) is 0 Å². The van der Waals surface area contributed by atoms with Gasteiger partial charge in [0.2, 0.25) is 0 Å². The lowest BCUT2D eigenvalue weighted by Gasteiger charge is -2.16. The predicted octanol–water partition coefficient (Wildman–Crippen LogP) is 3.35. The molecule has 0 aliphatic heterocycles. The van der Waals surface area contributed by atoms with Gasteiger partial charge >= 0.3 is 5.97 Å². The van der Waals surface area contributed by atoms with E-state index in [0.29, 0.717) is 17.3 Å². The molecule has 5 heteroatoms. The minimum Gasteiger partial charge on any atom is -0.451 e. The Balaban J connectivity index is 1.48. The Morgan fingerprint density at radius 3 is 2.88 bits per heavy atom. The third-order valence-electron chi connectivity index (χ3n) is 4.20. The fourth-order valence-corrected chi connectivity index (χ4v) is 3.96. The monoisotopic (exact) mass is 343 g/mol. The number of hydrogen-bond donors (Lipinski definition) is 1. The van der Waals surface area contributed by atoms with Crippen LogP contribution >= 0.6 is 11.3 Å². The van der Waals surface area contributed by atoms with Gasteiger partial charge in [-0.25, -0.2) is 4.79 Å². The van der Waals surface area contributed by atoms with Gasteiger partial charge < -0.3 is 10.1 Å². The number of carbonyl (C=O) groups is 2. The van der Waals surface area contributed by atoms with Gasteiger partial charge in [-0.05, 0) is 42.4 Å². The Morgan fingerprint density at radius 2 is 2.08 bits per heavy atom. The van der Waals surface area contributed by atoms with E-state index in [0.717, 1.165) is 18.4 Å². The van der Waals surface area contributed by atoms with Crippen LogP contribution in [0.25, 0.3) is 0 Å². The molecule has 0 saturated carbocycles. The SMILES string of the molecule is C[C@H]1CCc2sc(C(=O)OCC(=O)NCc3ccccc3)cc2C1. The van der Waals surface area contributed by atoms with Gasteiger partial charge in [-0.1, -0.05) is 37.3 Å². The lowest BCUT2D eigenvalue weighted by Crippen LogP contribution is -2.28. The van der Waals surface area contributed by atoms with E-state index in [1.807, 2.05) is 36.4 Å². The van der Waals surface area contributed by atoms with Crippen molar-refractivity contribution in [2.24, 2.45) is 5.92 Å². The zero-order valence-electron chi connectivity index (χ0n) is 13.7. The van der Waals surface area contributed by atoms with Gasteiger partial charge in [-0.15, -0.1) is 11.3 Å². The first-order valence-corrected chi connectivity index (χ1v) is 9.03. The van der Waals surface area contributed by atoms with Crippen LogP contribution in [-0.2, 0) is 28.9 Å². The third kappa shape index (κ3) is 4.23. The maximum absolute atomic E-state index is 12.1. The molecule has 0 bridgehead atoms. The van der Waals surface area contributed by atoms with Crippen molar-refractivity contribution in [1.82, 2.24) is 5.32 Å². The van der Waals surface area contributed by atoms with Crippen molar-refractivity contribution < 1.29 is 14.3 Å². The smallest absolute Gasteiger partial charge is 0.348 e. The summed E-state index contributed by atoms with van der Waals surface area (Å²) in [5.41, 5.74) is 2.27. The standard InChI is InChI=1S/C19H21NO3S/c1-13-7-8-16-15(9-13)10-17(24-16)19(22)23-12-18(21)20-11-14-5-3-2-4-6-14/h2-6,10,13H,7-9,11-12H2,1H3,(H,20,21)/t13-/m0/s1. The van der Waals surface area contributed by atoms with Crippen LogP contribution in [0.5, 0.6) is 0 Å². The highest BCUT2D eigenvalue weighted by Crippen LogP contribution is 2.32. The second-order valence-corrected chi connectivity index (χ2v) is 7.38. The molecule has 1 aliphatic rings. The third-order valence-corrected chi connectivity index (χ3v) is 5.41. The highest BCUT2D eigenvalue weighted by atomic mass is 32.1. The van der Waals surface area contributed by atoms with Crippen molar-refractivity contribution in [3.05, 3.63) is 57.3 Å². The maximum atomic E-state index is 12.1. The van der Waals surface area contributed by atoms with E-state index in [1.54, 1.807) is 0 Å². The highest BCUT2D eigenvalue weighted by molar-refractivity contribution is 7.14. The summed E-state index contributed by atoms with van der Waals surface area (Å²) >= 11 is 1.50. The first-order valence-electron chi connectivity index (χ1n) is 8.21. The number of amides is 1. The summed E-state index contributed by atoms with van der Waals surface area (Å²) in [6.45, 7) is 2.42. The van der Waals surface area contributed by atoms with Crippen LogP contribution < -0.4 is 5.32 Å². The van der Waals surface area contributed by atoms with Gasteiger partial charge in [0, 0.05) is 11.4 Å². The molecular weight excluding hydrogens is 322 g/mol. The average molecular weight is 343 g/mol. The number of esters is 1. The molecule has 1 aromatic carbocycles. The Bertz CT molecular complexity index is 723. The van der Waals surface area contributed by atoms with E-state index >= 15 is 0 Å². The Labute approximate surface area is 145 Å². The van der Waals surface area contributed by atoms with Crippen molar-refractivity contribution in [3.63, 3.8) is 0 Å². The number of carbonyl (C=O) groups excluding carboxylic acids is 2. The maximum Gasteiger partial charge on any atom is 0.348 e. The van der Waals surface area contributed by atoms with Gasteiger partial charge in [0.15, 0.2) is 6.61 Å². The Morgan fingerprint density at radius 1 is 1.29 bits per heavy atom. The Hall–Kier alpha value is -2.14. The van der Waals surface area contributed by atoms with Crippen LogP contribution in [0.1, 0.15) is 39.0 Å². The molecule has 1 aromatic heterocycles. The molecule has 0 spiro atoms. The second kappa shape index (κ2) is 7.62. The minimum atomic E-state index is -0.406. The summed E-state index contributed by atoms with van der Waals surface area (Å²) < 4.78 is 5.14. The summed E-state index contributed by atoms with van der Waals surface area (Å²) in [5.74, 6) is -0.0289. The number of rotatable bonds is 5. The summed E-state index contributed by atoms with van der Waals surface area (Å²) in [6.07, 6.45) is 3.23. The van der Waals surface area contributed by atoms with Crippen molar-refractivity contribution in [1.29, 1.82) is 0 Å². The number of fused-ring (bicyclic) bond motifs is 1. The van der Waals surface area contributed by atoms with E-state index in [2.05, 4.69) is 12.2 Å². The quantitative estimate of drug-likeness (QED) is 0.847. The van der Waals surface area contributed by atoms with Crippen LogP contribution in [0.3, 0.4) is 0 Å². The molecule has 3 rings (SSSR count). The van der Waals surface area contributed by atoms with Crippen LogP contribution in [0.2, 0.25) is 0 Å². The van der Waals surface area contributed by atoms with E-state index in [9.17, 15) is 9.59 Å². The highest BCUT2D eigenvalue weighted by Gasteiger charge is 2.21. The van der Waals surface area contributed by atoms with Gasteiger partial charge in [0.25, 0.3) is 5.91 Å². The molecule has 24 heavy (non-hydrogen) atoms. The Kier molecular flexibility index (Phi) is 5.30. The van der Waals surface area contributed by atoms with E-state index in [1.165, 1.54) is 28.2 Å². The number of aryl methyl sites for hydroxylation is 1. The molecule has 1 atom stereocenters. The normalized spacial score (nSPS) is 16.3. The molecule has 1 heterocycles. The zero-order valence-corrected chi connectivity index (χ0v) is 14.5. The summed E-state index contributed by atoms with van der Waals surface area (Å²) in [6, 6.07) is 11.6. The molecule has 0 radical (unpaired) electrons. The number of hydrogen-bond acceptors (Lipinski definition) is 4. The molecule has 2 aromatic rings. The van der Waals surface area contributed by atoms with Crippen molar-refractivity contribution in [2.45, 2.75) is 32.7 Å². The summed E-state index contributed by atoms with van der Waals surface area (Å²) in [5, 5.41) is 2.75. The first kappa shape index (κ1) is 16.7. The van der Waals surface area contributed by atoms with Gasteiger partial charge in [-0.3, -0.25) is 4.79 Å². The van der Waals surface area contributed by atoms with E-state index < -0.39 is 5.97 Å². The van der Waals surface area contributed by atoms with E-state index in [4.69, 9.17) is 4.74 Å². The van der Waals surface area contributed by atoms with Crippen LogP contribution in [-0.4, -0.2) is 18.5 Å². The van der Waals surface area contributed by atoms with Crippen LogP contribution in [0, 0.1) is 5.92 Å². The lowest BCUT2D eigenvalue weighted by molar-refractivity contribution is -0.124. The topological polar surface area (TPSA) is 55.4 Å². The second-order valence-electron chi connectivity index (χ2n) is 6.25. The number of benzene rings is 1.